The van der Waals surface area contributed by atoms with E-state index in [1.807, 2.05) is 24.1 Å². The van der Waals surface area contributed by atoms with Crippen molar-refractivity contribution < 1.29 is 9.90 Å². The molecule has 18 heavy (non-hydrogen) atoms. The second-order valence-corrected chi connectivity index (χ2v) is 4.94. The van der Waals surface area contributed by atoms with E-state index in [1.165, 1.54) is 0 Å². The van der Waals surface area contributed by atoms with Crippen molar-refractivity contribution >= 4 is 17.8 Å². The maximum Gasteiger partial charge on any atom is 0.256 e. The van der Waals surface area contributed by atoms with E-state index in [0.717, 1.165) is 36.2 Å². The van der Waals surface area contributed by atoms with Gasteiger partial charge < -0.3 is 10.0 Å². The second kappa shape index (κ2) is 4.21. The van der Waals surface area contributed by atoms with E-state index < -0.39 is 0 Å². The van der Waals surface area contributed by atoms with Crippen LogP contribution < -0.4 is 0 Å². The Morgan fingerprint density at radius 2 is 2.33 bits per heavy atom. The molecule has 0 radical (unpaired) electrons. The first kappa shape index (κ1) is 11.4. The number of carbonyl (C=O) groups excluding carboxylic acids is 1. The number of nitrogens with zero attached hydrogens (tertiary/aromatic N) is 2. The Morgan fingerprint density at radius 1 is 1.50 bits per heavy atom. The summed E-state index contributed by atoms with van der Waals surface area (Å²) in [6.07, 6.45) is 3.92. The average molecular weight is 244 g/mol. The summed E-state index contributed by atoms with van der Waals surface area (Å²) in [5.41, 5.74) is 3.12. The highest BCUT2D eigenvalue weighted by Gasteiger charge is 2.31. The highest BCUT2D eigenvalue weighted by Crippen LogP contribution is 2.30. The third-order valence-corrected chi connectivity index (χ3v) is 3.80. The lowest BCUT2D eigenvalue weighted by Gasteiger charge is -2.20. The highest BCUT2D eigenvalue weighted by atomic mass is 16.3. The number of rotatable bonds is 1. The summed E-state index contributed by atoms with van der Waals surface area (Å²) in [6.45, 7) is 2.69. The zero-order valence-electron chi connectivity index (χ0n) is 10.4. The Labute approximate surface area is 106 Å². The summed E-state index contributed by atoms with van der Waals surface area (Å²) in [6, 6.07) is 3.81. The van der Waals surface area contributed by atoms with Crippen molar-refractivity contribution in [3.63, 3.8) is 0 Å². The fourth-order valence-electron chi connectivity index (χ4n) is 2.71. The molecule has 2 aliphatic heterocycles. The van der Waals surface area contributed by atoms with E-state index in [4.69, 9.17) is 0 Å². The van der Waals surface area contributed by atoms with Gasteiger partial charge in [-0.2, -0.15) is 0 Å². The standard InChI is InChI=1S/C14H16N2O2/c1-9-5-13-12(6-10(9)8-17)14(18)16-4-2-3-11(16)7-15-13/h5-7,11,17H,2-4,8H2,1H3/t11-/m0/s1. The van der Waals surface area contributed by atoms with Crippen molar-refractivity contribution in [2.75, 3.05) is 6.54 Å². The van der Waals surface area contributed by atoms with Crippen LogP contribution >= 0.6 is 0 Å². The van der Waals surface area contributed by atoms with Gasteiger partial charge in [0, 0.05) is 12.8 Å². The molecule has 0 aromatic heterocycles. The molecule has 0 unspecified atom stereocenters. The Balaban J connectivity index is 2.12. The molecule has 1 saturated heterocycles. The number of fused-ring (bicyclic) bond motifs is 2. The van der Waals surface area contributed by atoms with Gasteiger partial charge >= 0.3 is 0 Å². The molecule has 1 aromatic carbocycles. The van der Waals surface area contributed by atoms with Gasteiger partial charge in [-0.15, -0.1) is 0 Å². The Morgan fingerprint density at radius 3 is 3.11 bits per heavy atom. The summed E-state index contributed by atoms with van der Waals surface area (Å²) < 4.78 is 0. The van der Waals surface area contributed by atoms with Gasteiger partial charge in [0.25, 0.3) is 5.91 Å². The number of carbonyl (C=O) groups is 1. The van der Waals surface area contributed by atoms with Crippen molar-refractivity contribution in [3.8, 4) is 0 Å². The lowest BCUT2D eigenvalue weighted by Crippen LogP contribution is -2.35. The maximum absolute atomic E-state index is 12.5. The van der Waals surface area contributed by atoms with Crippen LogP contribution in [0.25, 0.3) is 0 Å². The van der Waals surface area contributed by atoms with E-state index in [9.17, 15) is 9.90 Å². The van der Waals surface area contributed by atoms with Crippen LogP contribution in [-0.4, -0.2) is 34.7 Å². The van der Waals surface area contributed by atoms with Gasteiger partial charge in [0.15, 0.2) is 0 Å². The summed E-state index contributed by atoms with van der Waals surface area (Å²) >= 11 is 0. The summed E-state index contributed by atoms with van der Waals surface area (Å²) in [5, 5.41) is 9.30. The molecular formula is C14H16N2O2. The molecule has 2 aliphatic rings. The fraction of sp³-hybridized carbons (Fsp3) is 0.429. The topological polar surface area (TPSA) is 52.9 Å². The SMILES string of the molecule is Cc1cc2c(cc1CO)C(=O)N1CCC[C@H]1C=N2. The van der Waals surface area contributed by atoms with Gasteiger partial charge in [-0.25, -0.2) is 0 Å². The largest absolute Gasteiger partial charge is 0.392 e. The van der Waals surface area contributed by atoms with Crippen molar-refractivity contribution in [2.24, 2.45) is 4.99 Å². The Bertz CT molecular complexity index is 537. The number of benzene rings is 1. The summed E-state index contributed by atoms with van der Waals surface area (Å²) in [5.74, 6) is 0.0414. The minimum atomic E-state index is -0.0421. The third kappa shape index (κ3) is 1.64. The maximum atomic E-state index is 12.5. The predicted molar refractivity (Wildman–Crippen MR) is 69.3 cm³/mol. The number of aliphatic hydroxyl groups excluding tert-OH is 1. The quantitative estimate of drug-likeness (QED) is 0.819. The summed E-state index contributed by atoms with van der Waals surface area (Å²) in [7, 11) is 0. The van der Waals surface area contributed by atoms with Crippen LogP contribution in [0.15, 0.2) is 17.1 Å². The van der Waals surface area contributed by atoms with Crippen molar-refractivity contribution in [3.05, 3.63) is 28.8 Å². The van der Waals surface area contributed by atoms with Crippen molar-refractivity contribution in [1.82, 2.24) is 4.90 Å². The smallest absolute Gasteiger partial charge is 0.256 e. The summed E-state index contributed by atoms with van der Waals surface area (Å²) in [4.78, 5) is 18.8. The molecule has 1 amide bonds. The lowest BCUT2D eigenvalue weighted by atomic mass is 10.0. The molecule has 0 aliphatic carbocycles. The Hall–Kier alpha value is -1.68. The van der Waals surface area contributed by atoms with Crippen molar-refractivity contribution in [1.29, 1.82) is 0 Å². The predicted octanol–water partition coefficient (Wildman–Crippen LogP) is 1.81. The van der Waals surface area contributed by atoms with Gasteiger partial charge in [-0.05, 0) is 43.0 Å². The second-order valence-electron chi connectivity index (χ2n) is 4.94. The Kier molecular flexibility index (Phi) is 2.67. The van der Waals surface area contributed by atoms with E-state index in [2.05, 4.69) is 4.99 Å². The number of amides is 1. The van der Waals surface area contributed by atoms with Gasteiger partial charge in [-0.1, -0.05) is 0 Å². The number of aryl methyl sites for hydroxylation is 1. The van der Waals surface area contributed by atoms with Crippen LogP contribution in [0, 0.1) is 6.92 Å². The average Bonchev–Trinajstić information content (AvgIpc) is 2.79. The first-order chi connectivity index (χ1) is 8.70. The van der Waals surface area contributed by atoms with E-state index in [1.54, 1.807) is 6.07 Å². The van der Waals surface area contributed by atoms with Crippen molar-refractivity contribution in [2.45, 2.75) is 32.4 Å². The molecule has 3 rings (SSSR count). The minimum Gasteiger partial charge on any atom is -0.392 e. The van der Waals surface area contributed by atoms with Gasteiger partial charge in [0.05, 0.1) is 23.9 Å². The molecule has 4 nitrogen and oxygen atoms in total. The molecule has 0 spiro atoms. The monoisotopic (exact) mass is 244 g/mol. The minimum absolute atomic E-state index is 0.0414. The molecule has 1 N–H and O–H groups in total. The zero-order valence-corrected chi connectivity index (χ0v) is 10.4. The van der Waals surface area contributed by atoms with E-state index in [-0.39, 0.29) is 18.6 Å². The molecule has 0 bridgehead atoms. The van der Waals surface area contributed by atoms with Crippen LogP contribution in [0.5, 0.6) is 0 Å². The molecule has 1 atom stereocenters. The van der Waals surface area contributed by atoms with E-state index >= 15 is 0 Å². The lowest BCUT2D eigenvalue weighted by molar-refractivity contribution is 0.0774. The fourth-order valence-corrected chi connectivity index (χ4v) is 2.71. The first-order valence-corrected chi connectivity index (χ1v) is 6.30. The van der Waals surface area contributed by atoms with Gasteiger partial charge in [-0.3, -0.25) is 9.79 Å². The highest BCUT2D eigenvalue weighted by molar-refractivity contribution is 6.03. The van der Waals surface area contributed by atoms with Crippen LogP contribution in [0.3, 0.4) is 0 Å². The van der Waals surface area contributed by atoms with Gasteiger partial charge in [0.2, 0.25) is 0 Å². The number of hydrogen-bond acceptors (Lipinski definition) is 3. The molecule has 1 aromatic rings. The number of aliphatic imine (C=N–C) groups is 1. The molecule has 2 heterocycles. The molecular weight excluding hydrogens is 228 g/mol. The van der Waals surface area contributed by atoms with Crippen LogP contribution in [0.1, 0.15) is 34.3 Å². The zero-order chi connectivity index (χ0) is 12.7. The number of aliphatic hydroxyl groups is 1. The van der Waals surface area contributed by atoms with Gasteiger partial charge in [0.1, 0.15) is 0 Å². The molecule has 94 valence electrons. The molecule has 0 saturated carbocycles. The molecule has 1 fully saturated rings. The number of hydrogen-bond donors (Lipinski definition) is 1. The van der Waals surface area contributed by atoms with E-state index in [0.29, 0.717) is 5.56 Å². The molecule has 4 heteroatoms. The van der Waals surface area contributed by atoms with Crippen LogP contribution in [0.2, 0.25) is 0 Å². The van der Waals surface area contributed by atoms with Crippen LogP contribution in [0.4, 0.5) is 5.69 Å². The first-order valence-electron chi connectivity index (χ1n) is 6.30. The van der Waals surface area contributed by atoms with Crippen LogP contribution in [-0.2, 0) is 6.61 Å². The third-order valence-electron chi connectivity index (χ3n) is 3.80. The normalized spacial score (nSPS) is 21.8.